The van der Waals surface area contributed by atoms with Gasteiger partial charge in [-0.15, -0.1) is 0 Å². The van der Waals surface area contributed by atoms with Crippen LogP contribution in [0.1, 0.15) is 37.8 Å². The van der Waals surface area contributed by atoms with Crippen LogP contribution in [0.15, 0.2) is 18.2 Å². The second kappa shape index (κ2) is 4.80. The SMILES string of the molecule is CC1(C)CN(CC2CCCO2)Cc2cc(N)ccc21. The number of ether oxygens (including phenoxy) is 1. The molecule has 1 aromatic rings. The van der Waals surface area contributed by atoms with Crippen LogP contribution in [-0.2, 0) is 16.7 Å². The van der Waals surface area contributed by atoms with Gasteiger partial charge in [0.2, 0.25) is 0 Å². The van der Waals surface area contributed by atoms with Crippen molar-refractivity contribution in [2.45, 2.75) is 44.8 Å². The number of hydrogen-bond acceptors (Lipinski definition) is 3. The van der Waals surface area contributed by atoms with Crippen molar-refractivity contribution in [3.63, 3.8) is 0 Å². The molecule has 1 saturated heterocycles. The molecule has 0 spiro atoms. The first-order valence-corrected chi connectivity index (χ1v) is 7.27. The summed E-state index contributed by atoms with van der Waals surface area (Å²) in [5.41, 5.74) is 9.83. The number of fused-ring (bicyclic) bond motifs is 1. The molecular formula is C16H24N2O. The highest BCUT2D eigenvalue weighted by atomic mass is 16.5. The lowest BCUT2D eigenvalue weighted by Crippen LogP contribution is -2.44. The van der Waals surface area contributed by atoms with Gasteiger partial charge in [0.25, 0.3) is 0 Å². The molecule has 2 aliphatic heterocycles. The molecule has 2 N–H and O–H groups in total. The molecule has 1 fully saturated rings. The summed E-state index contributed by atoms with van der Waals surface area (Å²) in [6, 6.07) is 6.36. The van der Waals surface area contributed by atoms with Crippen LogP contribution in [0.2, 0.25) is 0 Å². The number of nitrogens with zero attached hydrogens (tertiary/aromatic N) is 1. The number of nitrogen functional groups attached to an aromatic ring is 1. The van der Waals surface area contributed by atoms with Crippen LogP contribution in [-0.4, -0.2) is 30.7 Å². The van der Waals surface area contributed by atoms with Gasteiger partial charge < -0.3 is 10.5 Å². The van der Waals surface area contributed by atoms with Crippen LogP contribution < -0.4 is 5.73 Å². The summed E-state index contributed by atoms with van der Waals surface area (Å²) in [4.78, 5) is 2.53. The monoisotopic (exact) mass is 260 g/mol. The molecule has 3 rings (SSSR count). The molecule has 0 radical (unpaired) electrons. The molecule has 0 aliphatic carbocycles. The third-order valence-electron chi connectivity index (χ3n) is 4.36. The van der Waals surface area contributed by atoms with Gasteiger partial charge in [0, 0.05) is 37.3 Å². The molecule has 1 aromatic carbocycles. The molecule has 1 unspecified atom stereocenters. The average molecular weight is 260 g/mol. The van der Waals surface area contributed by atoms with Gasteiger partial charge in [0.05, 0.1) is 6.10 Å². The Morgan fingerprint density at radius 3 is 3.00 bits per heavy atom. The van der Waals surface area contributed by atoms with Gasteiger partial charge in [0.15, 0.2) is 0 Å². The maximum absolute atomic E-state index is 5.94. The summed E-state index contributed by atoms with van der Waals surface area (Å²) in [6.45, 7) is 8.74. The Morgan fingerprint density at radius 2 is 2.26 bits per heavy atom. The molecule has 2 heterocycles. The van der Waals surface area contributed by atoms with Gasteiger partial charge in [0.1, 0.15) is 0 Å². The highest BCUT2D eigenvalue weighted by molar-refractivity contribution is 5.48. The van der Waals surface area contributed by atoms with Crippen molar-refractivity contribution >= 4 is 5.69 Å². The van der Waals surface area contributed by atoms with Crippen LogP contribution >= 0.6 is 0 Å². The summed E-state index contributed by atoms with van der Waals surface area (Å²) in [5, 5.41) is 0. The third kappa shape index (κ3) is 2.63. The molecule has 2 aliphatic rings. The molecule has 3 heteroatoms. The highest BCUT2D eigenvalue weighted by Gasteiger charge is 2.33. The Bertz CT molecular complexity index is 464. The largest absolute Gasteiger partial charge is 0.399 e. The first kappa shape index (κ1) is 12.9. The fraction of sp³-hybridized carbons (Fsp3) is 0.625. The van der Waals surface area contributed by atoms with Crippen molar-refractivity contribution < 1.29 is 4.74 Å². The fourth-order valence-electron chi connectivity index (χ4n) is 3.55. The Hall–Kier alpha value is -1.06. The summed E-state index contributed by atoms with van der Waals surface area (Å²) >= 11 is 0. The van der Waals surface area contributed by atoms with E-state index < -0.39 is 0 Å². The maximum atomic E-state index is 5.94. The summed E-state index contributed by atoms with van der Waals surface area (Å²) in [7, 11) is 0. The van der Waals surface area contributed by atoms with Crippen LogP contribution in [0.25, 0.3) is 0 Å². The van der Waals surface area contributed by atoms with Crippen molar-refractivity contribution in [2.24, 2.45) is 0 Å². The minimum Gasteiger partial charge on any atom is -0.399 e. The molecule has 3 nitrogen and oxygen atoms in total. The lowest BCUT2D eigenvalue weighted by Gasteiger charge is -2.40. The topological polar surface area (TPSA) is 38.5 Å². The number of rotatable bonds is 2. The number of benzene rings is 1. The van der Waals surface area contributed by atoms with Gasteiger partial charge >= 0.3 is 0 Å². The Labute approximate surface area is 115 Å². The molecule has 0 aromatic heterocycles. The Balaban J connectivity index is 1.80. The van der Waals surface area contributed by atoms with E-state index in [4.69, 9.17) is 10.5 Å². The van der Waals surface area contributed by atoms with E-state index in [0.29, 0.717) is 6.10 Å². The number of nitrogens with two attached hydrogens (primary N) is 1. The fourth-order valence-corrected chi connectivity index (χ4v) is 3.55. The van der Waals surface area contributed by atoms with E-state index >= 15 is 0 Å². The van der Waals surface area contributed by atoms with Gasteiger partial charge in [-0.1, -0.05) is 19.9 Å². The van der Waals surface area contributed by atoms with E-state index in [1.54, 1.807) is 0 Å². The maximum Gasteiger partial charge on any atom is 0.0702 e. The smallest absolute Gasteiger partial charge is 0.0702 e. The van der Waals surface area contributed by atoms with E-state index in [1.165, 1.54) is 24.0 Å². The molecule has 104 valence electrons. The molecule has 0 saturated carbocycles. The van der Waals surface area contributed by atoms with E-state index in [-0.39, 0.29) is 5.41 Å². The van der Waals surface area contributed by atoms with E-state index in [1.807, 2.05) is 6.07 Å². The van der Waals surface area contributed by atoms with Gasteiger partial charge in [-0.2, -0.15) is 0 Å². The minimum atomic E-state index is 0.194. The lowest BCUT2D eigenvalue weighted by atomic mass is 9.78. The molecule has 0 bridgehead atoms. The average Bonchev–Trinajstić information content (AvgIpc) is 2.79. The van der Waals surface area contributed by atoms with Crippen molar-refractivity contribution in [2.75, 3.05) is 25.4 Å². The summed E-state index contributed by atoms with van der Waals surface area (Å²) in [6.07, 6.45) is 2.85. The second-order valence-electron chi connectivity index (χ2n) is 6.61. The predicted octanol–water partition coefficient (Wildman–Crippen LogP) is 2.54. The van der Waals surface area contributed by atoms with Gasteiger partial charge in [-0.05, 0) is 36.1 Å². The Kier molecular flexibility index (Phi) is 3.27. The zero-order chi connectivity index (χ0) is 13.5. The zero-order valence-corrected chi connectivity index (χ0v) is 12.0. The predicted molar refractivity (Wildman–Crippen MR) is 78.1 cm³/mol. The molecule has 1 atom stereocenters. The zero-order valence-electron chi connectivity index (χ0n) is 12.0. The molecule has 0 amide bonds. The minimum absolute atomic E-state index is 0.194. The third-order valence-corrected chi connectivity index (χ3v) is 4.36. The first-order valence-electron chi connectivity index (χ1n) is 7.27. The highest BCUT2D eigenvalue weighted by Crippen LogP contribution is 2.34. The second-order valence-corrected chi connectivity index (χ2v) is 6.61. The van der Waals surface area contributed by atoms with E-state index in [2.05, 4.69) is 30.9 Å². The number of hydrogen-bond donors (Lipinski definition) is 1. The van der Waals surface area contributed by atoms with Crippen LogP contribution in [0, 0.1) is 0 Å². The van der Waals surface area contributed by atoms with Crippen molar-refractivity contribution in [3.05, 3.63) is 29.3 Å². The van der Waals surface area contributed by atoms with E-state index in [9.17, 15) is 0 Å². The van der Waals surface area contributed by atoms with Crippen molar-refractivity contribution in [1.29, 1.82) is 0 Å². The Morgan fingerprint density at radius 1 is 1.42 bits per heavy atom. The van der Waals surface area contributed by atoms with Crippen LogP contribution in [0.5, 0.6) is 0 Å². The normalized spacial score (nSPS) is 26.3. The molecule has 19 heavy (non-hydrogen) atoms. The summed E-state index contributed by atoms with van der Waals surface area (Å²) < 4.78 is 5.77. The first-order chi connectivity index (χ1) is 9.04. The number of anilines is 1. The van der Waals surface area contributed by atoms with Gasteiger partial charge in [-0.3, -0.25) is 4.90 Å². The van der Waals surface area contributed by atoms with Crippen LogP contribution in [0.3, 0.4) is 0 Å². The van der Waals surface area contributed by atoms with Crippen molar-refractivity contribution in [1.82, 2.24) is 4.90 Å². The van der Waals surface area contributed by atoms with Gasteiger partial charge in [-0.25, -0.2) is 0 Å². The lowest BCUT2D eigenvalue weighted by molar-refractivity contribution is 0.0593. The molecular weight excluding hydrogens is 236 g/mol. The summed E-state index contributed by atoms with van der Waals surface area (Å²) in [5.74, 6) is 0. The van der Waals surface area contributed by atoms with E-state index in [0.717, 1.165) is 31.9 Å². The standard InChI is InChI=1S/C16H24N2O/c1-16(2)11-18(10-14-4-3-7-19-14)9-12-8-13(17)5-6-15(12)16/h5-6,8,14H,3-4,7,9-11,17H2,1-2H3. The van der Waals surface area contributed by atoms with Crippen LogP contribution in [0.4, 0.5) is 5.69 Å². The van der Waals surface area contributed by atoms with Crippen molar-refractivity contribution in [3.8, 4) is 0 Å². The quantitative estimate of drug-likeness (QED) is 0.831.